The van der Waals surface area contributed by atoms with Gasteiger partial charge >= 0.3 is 6.18 Å². The predicted molar refractivity (Wildman–Crippen MR) is 124 cm³/mol. The zero-order chi connectivity index (χ0) is 24.0. The number of aromatic nitrogens is 2. The lowest BCUT2D eigenvalue weighted by Gasteiger charge is -2.15. The number of halogens is 4. The van der Waals surface area contributed by atoms with E-state index < -0.39 is 17.3 Å². The van der Waals surface area contributed by atoms with Crippen molar-refractivity contribution in [3.8, 4) is 5.69 Å². The normalized spacial score (nSPS) is 11.8. The summed E-state index contributed by atoms with van der Waals surface area (Å²) in [5.41, 5.74) is 1.60. The van der Waals surface area contributed by atoms with E-state index in [0.29, 0.717) is 38.7 Å². The Morgan fingerprint density at radius 1 is 0.912 bits per heavy atom. The van der Waals surface area contributed by atoms with Crippen molar-refractivity contribution in [3.05, 3.63) is 106 Å². The largest absolute Gasteiger partial charge is 0.416 e. The van der Waals surface area contributed by atoms with Crippen LogP contribution < -0.4 is 10.9 Å². The molecule has 0 fully saturated rings. The quantitative estimate of drug-likeness (QED) is 0.238. The first kappa shape index (κ1) is 21.6. The molecule has 170 valence electrons. The highest BCUT2D eigenvalue weighted by Gasteiger charge is 2.30. The Kier molecular flexibility index (Phi) is 5.08. The number of anilines is 2. The Bertz CT molecular complexity index is 1620. The summed E-state index contributed by atoms with van der Waals surface area (Å²) in [6.07, 6.45) is -2.96. The van der Waals surface area contributed by atoms with Gasteiger partial charge in [0.05, 0.1) is 16.6 Å². The molecule has 0 aliphatic heterocycles. The van der Waals surface area contributed by atoms with Crippen LogP contribution in [0, 0.1) is 12.7 Å². The second kappa shape index (κ2) is 7.98. The summed E-state index contributed by atoms with van der Waals surface area (Å²) >= 11 is 0. The average molecular weight is 463 g/mol. The molecule has 8 heteroatoms. The molecule has 2 aromatic heterocycles. The van der Waals surface area contributed by atoms with Crippen molar-refractivity contribution in [2.24, 2.45) is 0 Å². The second-order valence-electron chi connectivity index (χ2n) is 7.94. The molecule has 4 nitrogen and oxygen atoms in total. The Labute approximate surface area is 191 Å². The highest BCUT2D eigenvalue weighted by Crippen LogP contribution is 2.32. The van der Waals surface area contributed by atoms with Gasteiger partial charge in [-0.1, -0.05) is 6.07 Å². The number of nitrogens with one attached hydrogen (secondary N) is 1. The maximum atomic E-state index is 13.6. The van der Waals surface area contributed by atoms with E-state index >= 15 is 0 Å². The summed E-state index contributed by atoms with van der Waals surface area (Å²) in [5.74, 6) is -0.315. The van der Waals surface area contributed by atoms with Gasteiger partial charge in [-0.3, -0.25) is 14.3 Å². The zero-order valence-corrected chi connectivity index (χ0v) is 17.8. The second-order valence-corrected chi connectivity index (χ2v) is 7.94. The summed E-state index contributed by atoms with van der Waals surface area (Å²) in [6, 6.07) is 17.5. The maximum absolute atomic E-state index is 13.6. The number of hydrogen-bond acceptors (Lipinski definition) is 3. The Morgan fingerprint density at radius 3 is 2.44 bits per heavy atom. The monoisotopic (exact) mass is 463 g/mol. The molecule has 34 heavy (non-hydrogen) atoms. The smallest absolute Gasteiger partial charge is 0.355 e. The lowest BCUT2D eigenvalue weighted by molar-refractivity contribution is -0.137. The van der Waals surface area contributed by atoms with Crippen LogP contribution in [0.25, 0.3) is 27.5 Å². The fourth-order valence-electron chi connectivity index (χ4n) is 3.96. The van der Waals surface area contributed by atoms with Gasteiger partial charge in [0.1, 0.15) is 5.82 Å². The third kappa shape index (κ3) is 3.87. The molecule has 0 atom stereocenters. The van der Waals surface area contributed by atoms with Crippen LogP contribution in [0.15, 0.2) is 83.8 Å². The molecule has 5 aromatic rings. The molecule has 0 unspecified atom stereocenters. The van der Waals surface area contributed by atoms with Crippen LogP contribution in [-0.4, -0.2) is 9.55 Å². The first-order valence-electron chi connectivity index (χ1n) is 10.4. The molecule has 5 rings (SSSR count). The van der Waals surface area contributed by atoms with Crippen molar-refractivity contribution >= 4 is 33.2 Å². The van der Waals surface area contributed by atoms with Crippen molar-refractivity contribution < 1.29 is 17.6 Å². The van der Waals surface area contributed by atoms with E-state index in [2.05, 4.69) is 10.3 Å². The van der Waals surface area contributed by atoms with E-state index in [1.807, 2.05) is 0 Å². The molecule has 3 aromatic carbocycles. The molecule has 0 aliphatic rings. The molecule has 0 amide bonds. The third-order valence-electron chi connectivity index (χ3n) is 5.60. The summed E-state index contributed by atoms with van der Waals surface area (Å²) < 4.78 is 54.9. The molecule has 0 aliphatic carbocycles. The van der Waals surface area contributed by atoms with Gasteiger partial charge in [0.2, 0.25) is 0 Å². The topological polar surface area (TPSA) is 46.9 Å². The van der Waals surface area contributed by atoms with Crippen LogP contribution in [0.5, 0.6) is 0 Å². The van der Waals surface area contributed by atoms with Crippen LogP contribution in [0.3, 0.4) is 0 Å². The molecular weight excluding hydrogens is 446 g/mol. The lowest BCUT2D eigenvalue weighted by atomic mass is 10.1. The van der Waals surface area contributed by atoms with Gasteiger partial charge in [0, 0.05) is 40.1 Å². The number of fused-ring (bicyclic) bond motifs is 3. The number of aryl methyl sites for hydroxylation is 1. The molecule has 2 heterocycles. The molecule has 0 radical (unpaired) electrons. The van der Waals surface area contributed by atoms with Crippen LogP contribution in [0.2, 0.25) is 0 Å². The van der Waals surface area contributed by atoms with Gasteiger partial charge in [-0.25, -0.2) is 4.39 Å². The first-order chi connectivity index (χ1) is 16.2. The summed E-state index contributed by atoms with van der Waals surface area (Å²) in [6.45, 7) is 1.66. The minimum atomic E-state index is -4.54. The van der Waals surface area contributed by atoms with Crippen molar-refractivity contribution in [2.45, 2.75) is 13.1 Å². The number of rotatable bonds is 3. The van der Waals surface area contributed by atoms with Crippen molar-refractivity contribution in [1.29, 1.82) is 0 Å². The number of benzene rings is 3. The van der Waals surface area contributed by atoms with Gasteiger partial charge in [0.25, 0.3) is 5.56 Å². The standard InChI is InChI=1S/C26H17F4N3O/c1-15-11-18(6-8-22(15)27)32-19-7-9-23-21(13-19)25-16(14-31-23)5-10-24(34)33(25)20-4-2-3-17(12-20)26(28,29)30/h2-14,32H,1H3. The van der Waals surface area contributed by atoms with Crippen LogP contribution in [0.4, 0.5) is 28.9 Å². The summed E-state index contributed by atoms with van der Waals surface area (Å²) in [5, 5.41) is 4.38. The summed E-state index contributed by atoms with van der Waals surface area (Å²) in [4.78, 5) is 17.3. The lowest BCUT2D eigenvalue weighted by Crippen LogP contribution is -2.18. The van der Waals surface area contributed by atoms with E-state index in [9.17, 15) is 22.4 Å². The van der Waals surface area contributed by atoms with Crippen LogP contribution in [0.1, 0.15) is 11.1 Å². The number of alkyl halides is 3. The van der Waals surface area contributed by atoms with Gasteiger partial charge in [-0.2, -0.15) is 13.2 Å². The maximum Gasteiger partial charge on any atom is 0.416 e. The Balaban J connectivity index is 1.73. The van der Waals surface area contributed by atoms with Gasteiger partial charge in [0.15, 0.2) is 0 Å². The summed E-state index contributed by atoms with van der Waals surface area (Å²) in [7, 11) is 0. The van der Waals surface area contributed by atoms with Crippen LogP contribution >= 0.6 is 0 Å². The molecule has 0 saturated heterocycles. The van der Waals surface area contributed by atoms with Gasteiger partial charge in [-0.15, -0.1) is 0 Å². The van der Waals surface area contributed by atoms with Crippen molar-refractivity contribution in [3.63, 3.8) is 0 Å². The van der Waals surface area contributed by atoms with Gasteiger partial charge in [-0.05, 0) is 73.2 Å². The SMILES string of the molecule is Cc1cc(Nc2ccc3ncc4ccc(=O)n(-c5cccc(C(F)(F)F)c5)c4c3c2)ccc1F. The van der Waals surface area contributed by atoms with Crippen LogP contribution in [-0.2, 0) is 6.18 Å². The fraction of sp³-hybridized carbons (Fsp3) is 0.0769. The van der Waals surface area contributed by atoms with Crippen molar-refractivity contribution in [1.82, 2.24) is 9.55 Å². The number of pyridine rings is 2. The highest BCUT2D eigenvalue weighted by atomic mass is 19.4. The van der Waals surface area contributed by atoms with E-state index in [0.717, 1.165) is 12.1 Å². The molecule has 0 spiro atoms. The number of hydrogen-bond donors (Lipinski definition) is 1. The average Bonchev–Trinajstić information content (AvgIpc) is 2.81. The Hall–Kier alpha value is -4.20. The Morgan fingerprint density at radius 2 is 1.68 bits per heavy atom. The van der Waals surface area contributed by atoms with Gasteiger partial charge < -0.3 is 5.32 Å². The third-order valence-corrected chi connectivity index (χ3v) is 5.60. The molecule has 0 saturated carbocycles. The van der Waals surface area contributed by atoms with E-state index in [1.165, 1.54) is 28.8 Å². The highest BCUT2D eigenvalue weighted by molar-refractivity contribution is 6.05. The predicted octanol–water partition coefficient (Wildman–Crippen LogP) is 6.75. The minimum absolute atomic E-state index is 0.102. The molecular formula is C26H17F4N3O. The van der Waals surface area contributed by atoms with Crippen molar-refractivity contribution in [2.75, 3.05) is 5.32 Å². The van der Waals surface area contributed by atoms with E-state index in [4.69, 9.17) is 0 Å². The van der Waals surface area contributed by atoms with E-state index in [-0.39, 0.29) is 11.5 Å². The number of nitrogens with zero attached hydrogens (tertiary/aromatic N) is 2. The minimum Gasteiger partial charge on any atom is -0.355 e. The first-order valence-corrected chi connectivity index (χ1v) is 10.4. The zero-order valence-electron chi connectivity index (χ0n) is 17.8. The molecule has 0 bridgehead atoms. The fourth-order valence-corrected chi connectivity index (χ4v) is 3.96. The molecule has 1 N–H and O–H groups in total. The van der Waals surface area contributed by atoms with E-state index in [1.54, 1.807) is 49.5 Å².